The number of fused-ring (bicyclic) bond motifs is 2. The molecule has 10 heteroatoms. The molecule has 3 aromatic heterocycles. The second-order valence-corrected chi connectivity index (χ2v) is 8.36. The molecular weight excluding hydrogens is 404 g/mol. The Bertz CT molecular complexity index is 1200. The molecule has 1 spiro atoms. The molecule has 1 saturated carbocycles. The lowest BCUT2D eigenvalue weighted by atomic mass is 10.0. The van der Waals surface area contributed by atoms with Gasteiger partial charge >= 0.3 is 5.92 Å². The second kappa shape index (κ2) is 6.53. The highest BCUT2D eigenvalue weighted by Gasteiger charge is 2.52. The van der Waals surface area contributed by atoms with Crippen molar-refractivity contribution in [3.05, 3.63) is 42.1 Å². The van der Waals surface area contributed by atoms with E-state index in [-0.39, 0.29) is 11.3 Å². The monoisotopic (exact) mass is 425 g/mol. The van der Waals surface area contributed by atoms with Crippen LogP contribution in [0.15, 0.2) is 30.7 Å². The topological polar surface area (TPSA) is 88.8 Å². The van der Waals surface area contributed by atoms with Crippen LogP contribution in [0.5, 0.6) is 0 Å². The Hall–Kier alpha value is -3.43. The largest absolute Gasteiger partial charge is 0.325 e. The quantitative estimate of drug-likeness (QED) is 0.688. The minimum Gasteiger partial charge on any atom is -0.325 e. The molecule has 1 aliphatic heterocycles. The minimum absolute atomic E-state index is 0.0502. The van der Waals surface area contributed by atoms with Gasteiger partial charge in [-0.05, 0) is 12.8 Å². The highest BCUT2D eigenvalue weighted by atomic mass is 19.3. The summed E-state index contributed by atoms with van der Waals surface area (Å²) in [6.45, 7) is 2.82. The van der Waals surface area contributed by atoms with E-state index in [0.717, 1.165) is 31.0 Å². The van der Waals surface area contributed by atoms with E-state index in [1.807, 2.05) is 4.90 Å². The van der Waals surface area contributed by atoms with Gasteiger partial charge in [-0.2, -0.15) is 13.9 Å². The van der Waals surface area contributed by atoms with Crippen molar-refractivity contribution < 1.29 is 13.6 Å². The Balaban J connectivity index is 1.64. The van der Waals surface area contributed by atoms with Crippen molar-refractivity contribution >= 4 is 23.2 Å². The molecule has 1 amide bonds. The summed E-state index contributed by atoms with van der Waals surface area (Å²) in [5.41, 5.74) is 2.83. The molecule has 3 aromatic rings. The Morgan fingerprint density at radius 1 is 1.23 bits per heavy atom. The first-order valence-electron chi connectivity index (χ1n) is 9.97. The van der Waals surface area contributed by atoms with Crippen LogP contribution in [0.25, 0.3) is 11.3 Å². The number of anilines is 3. The molecule has 0 bridgehead atoms. The Kier molecular flexibility index (Phi) is 4.11. The fraction of sp³-hybridized carbons (Fsp3) is 0.381. The van der Waals surface area contributed by atoms with E-state index < -0.39 is 11.7 Å². The molecule has 1 fully saturated rings. The average Bonchev–Trinajstić information content (AvgIpc) is 3.23. The molecule has 4 heterocycles. The summed E-state index contributed by atoms with van der Waals surface area (Å²) in [6.07, 6.45) is 7.07. The molecular formula is C21H21F2N7O. The molecule has 31 heavy (non-hydrogen) atoms. The van der Waals surface area contributed by atoms with Gasteiger partial charge in [0.05, 0.1) is 17.6 Å². The SMILES string of the molecule is CC(=O)Nc1cc2c(cn1)C1(CC1)CN2c1cc(-c2cnn(C)c2)nc(C(C)(F)F)n1. The van der Waals surface area contributed by atoms with Crippen molar-refractivity contribution in [1.29, 1.82) is 0 Å². The number of rotatable bonds is 4. The summed E-state index contributed by atoms with van der Waals surface area (Å²) in [5.74, 6) is -3.18. The fourth-order valence-electron chi connectivity index (χ4n) is 4.05. The van der Waals surface area contributed by atoms with E-state index >= 15 is 0 Å². The molecule has 2 aliphatic rings. The van der Waals surface area contributed by atoms with E-state index in [0.29, 0.717) is 29.4 Å². The zero-order valence-electron chi connectivity index (χ0n) is 17.4. The van der Waals surface area contributed by atoms with Crippen molar-refractivity contribution in [3.8, 4) is 11.3 Å². The number of carbonyl (C=O) groups is 1. The van der Waals surface area contributed by atoms with Crippen LogP contribution in [0.3, 0.4) is 0 Å². The summed E-state index contributed by atoms with van der Waals surface area (Å²) in [6, 6.07) is 3.48. The molecule has 5 rings (SSSR count). The predicted molar refractivity (Wildman–Crippen MR) is 110 cm³/mol. The van der Waals surface area contributed by atoms with Gasteiger partial charge in [-0.3, -0.25) is 9.48 Å². The van der Waals surface area contributed by atoms with E-state index in [2.05, 4.69) is 25.4 Å². The molecule has 8 nitrogen and oxygen atoms in total. The van der Waals surface area contributed by atoms with Gasteiger partial charge in [0.15, 0.2) is 0 Å². The van der Waals surface area contributed by atoms with Crippen LogP contribution >= 0.6 is 0 Å². The third-order valence-electron chi connectivity index (χ3n) is 5.75. The number of hydrogen-bond acceptors (Lipinski definition) is 6. The number of nitrogens with zero attached hydrogens (tertiary/aromatic N) is 6. The van der Waals surface area contributed by atoms with Crippen LogP contribution < -0.4 is 10.2 Å². The maximum absolute atomic E-state index is 14.3. The van der Waals surface area contributed by atoms with Gasteiger partial charge in [0.25, 0.3) is 0 Å². The van der Waals surface area contributed by atoms with Crippen LogP contribution in [-0.4, -0.2) is 37.2 Å². The summed E-state index contributed by atoms with van der Waals surface area (Å²) < 4.78 is 30.1. The van der Waals surface area contributed by atoms with Gasteiger partial charge in [-0.1, -0.05) is 0 Å². The number of halogens is 2. The van der Waals surface area contributed by atoms with Gasteiger partial charge < -0.3 is 10.2 Å². The number of aromatic nitrogens is 5. The highest BCUT2D eigenvalue weighted by molar-refractivity contribution is 5.89. The molecule has 0 unspecified atom stereocenters. The number of pyridine rings is 1. The number of amides is 1. The Morgan fingerprint density at radius 3 is 2.61 bits per heavy atom. The van der Waals surface area contributed by atoms with Crippen molar-refractivity contribution in [2.24, 2.45) is 7.05 Å². The third kappa shape index (κ3) is 3.41. The number of hydrogen-bond donors (Lipinski definition) is 1. The van der Waals surface area contributed by atoms with Crippen LogP contribution in [-0.2, 0) is 23.2 Å². The van der Waals surface area contributed by atoms with E-state index in [1.54, 1.807) is 42.5 Å². The van der Waals surface area contributed by atoms with Crippen molar-refractivity contribution in [2.75, 3.05) is 16.8 Å². The molecule has 160 valence electrons. The minimum atomic E-state index is -3.20. The number of alkyl halides is 2. The van der Waals surface area contributed by atoms with Crippen LogP contribution in [0.1, 0.15) is 38.1 Å². The lowest BCUT2D eigenvalue weighted by Crippen LogP contribution is -2.22. The summed E-state index contributed by atoms with van der Waals surface area (Å²) in [4.78, 5) is 26.1. The maximum atomic E-state index is 14.3. The molecule has 0 aromatic carbocycles. The standard InChI is InChI=1S/C21H21F2N7O/c1-12(31)26-17-7-16-14(9-24-17)21(4-5-21)11-30(16)18-6-15(13-8-25-29(3)10-13)27-19(28-18)20(2,22)23/h6-10H,4-5,11H2,1-3H3,(H,24,26,31). The molecule has 1 aliphatic carbocycles. The Labute approximate surface area is 177 Å². The van der Waals surface area contributed by atoms with Gasteiger partial charge in [0.2, 0.25) is 11.7 Å². The third-order valence-corrected chi connectivity index (χ3v) is 5.75. The highest BCUT2D eigenvalue weighted by Crippen LogP contribution is 2.58. The molecule has 0 radical (unpaired) electrons. The zero-order valence-corrected chi connectivity index (χ0v) is 17.4. The van der Waals surface area contributed by atoms with Gasteiger partial charge in [-0.15, -0.1) is 0 Å². The summed E-state index contributed by atoms with van der Waals surface area (Å²) >= 11 is 0. The number of carbonyl (C=O) groups excluding carboxylic acids is 1. The lowest BCUT2D eigenvalue weighted by Gasteiger charge is -2.21. The summed E-state index contributed by atoms with van der Waals surface area (Å²) in [5, 5.41) is 6.82. The number of nitrogens with one attached hydrogen (secondary N) is 1. The molecule has 0 saturated heterocycles. The average molecular weight is 425 g/mol. The maximum Gasteiger partial charge on any atom is 0.303 e. The molecule has 1 N–H and O–H groups in total. The summed E-state index contributed by atoms with van der Waals surface area (Å²) in [7, 11) is 1.76. The van der Waals surface area contributed by atoms with Crippen LogP contribution in [0, 0.1) is 0 Å². The first-order chi connectivity index (χ1) is 14.6. The number of aryl methyl sites for hydroxylation is 1. The molecule has 0 atom stereocenters. The van der Waals surface area contributed by atoms with E-state index in [4.69, 9.17) is 0 Å². The first kappa shape index (κ1) is 19.5. The van der Waals surface area contributed by atoms with Gasteiger partial charge in [-0.25, -0.2) is 15.0 Å². The Morgan fingerprint density at radius 2 is 2.00 bits per heavy atom. The zero-order chi connectivity index (χ0) is 22.0. The van der Waals surface area contributed by atoms with E-state index in [9.17, 15) is 13.6 Å². The predicted octanol–water partition coefficient (Wildman–Crippen LogP) is 3.53. The van der Waals surface area contributed by atoms with Crippen LogP contribution in [0.2, 0.25) is 0 Å². The second-order valence-electron chi connectivity index (χ2n) is 8.36. The van der Waals surface area contributed by atoms with Crippen molar-refractivity contribution in [2.45, 2.75) is 38.0 Å². The first-order valence-corrected chi connectivity index (χ1v) is 9.97. The smallest absolute Gasteiger partial charge is 0.303 e. The van der Waals surface area contributed by atoms with Gasteiger partial charge in [0, 0.05) is 68.5 Å². The van der Waals surface area contributed by atoms with Gasteiger partial charge in [0.1, 0.15) is 11.6 Å². The van der Waals surface area contributed by atoms with Crippen molar-refractivity contribution in [3.63, 3.8) is 0 Å². The normalized spacial score (nSPS) is 16.5. The van der Waals surface area contributed by atoms with E-state index in [1.165, 1.54) is 6.92 Å². The van der Waals surface area contributed by atoms with Crippen molar-refractivity contribution in [1.82, 2.24) is 24.7 Å². The lowest BCUT2D eigenvalue weighted by molar-refractivity contribution is -0.114. The fourth-order valence-corrected chi connectivity index (χ4v) is 4.05. The van der Waals surface area contributed by atoms with Crippen LogP contribution in [0.4, 0.5) is 26.1 Å².